The minimum atomic E-state index is -5.19. The van der Waals surface area contributed by atoms with E-state index in [1.54, 1.807) is 0 Å². The lowest BCUT2D eigenvalue weighted by Gasteiger charge is -2.26. The molecule has 2 saturated heterocycles. The first-order chi connectivity index (χ1) is 30.4. The van der Waals surface area contributed by atoms with E-state index in [4.69, 9.17) is 18.9 Å². The van der Waals surface area contributed by atoms with Crippen molar-refractivity contribution >= 4 is 73.3 Å². The smallest absolute Gasteiger partial charge is 0.294 e. The number of nitrogens with one attached hydrogen (secondary N) is 2. The van der Waals surface area contributed by atoms with Crippen molar-refractivity contribution in [2.45, 2.75) is 31.1 Å². The summed E-state index contributed by atoms with van der Waals surface area (Å²) in [5, 5.41) is 4.76. The molecule has 0 bridgehead atoms. The number of carbonyl (C=O) groups is 2. The maximum atomic E-state index is 13.6. The fourth-order valence-electron chi connectivity index (χ4n) is 6.81. The molecule has 27 heteroatoms. The van der Waals surface area contributed by atoms with Gasteiger partial charge in [0.15, 0.2) is 9.84 Å². The fourth-order valence-corrected chi connectivity index (χ4v) is 13.2. The molecule has 0 aromatic heterocycles. The van der Waals surface area contributed by atoms with Crippen LogP contribution in [0, 0.1) is 0 Å². The average Bonchev–Trinajstić information content (AvgIpc) is 3.26. The first kappa shape index (κ1) is 49.4. The molecule has 4 N–H and O–H groups in total. The molecular weight excluding hydrogens is 961 g/mol. The lowest BCUT2D eigenvalue weighted by atomic mass is 10.2. The molecule has 0 saturated carbocycles. The zero-order chi connectivity index (χ0) is 47.5. The monoisotopic (exact) mass is 1000 g/mol. The molecule has 2 aliphatic heterocycles. The van der Waals surface area contributed by atoms with Crippen LogP contribution >= 0.6 is 0 Å². The Labute approximate surface area is 375 Å². The van der Waals surface area contributed by atoms with E-state index in [1.165, 1.54) is 38.5 Å². The molecule has 4 aromatic carbocycles. The van der Waals surface area contributed by atoms with Gasteiger partial charge >= 0.3 is 0 Å². The van der Waals surface area contributed by atoms with Crippen LogP contribution in [0.25, 0.3) is 0 Å². The first-order valence-electron chi connectivity index (χ1n) is 19.0. The summed E-state index contributed by atoms with van der Waals surface area (Å²) in [6.07, 6.45) is 0. The Hall–Kier alpha value is -5.07. The van der Waals surface area contributed by atoms with Gasteiger partial charge in [-0.15, -0.1) is 0 Å². The summed E-state index contributed by atoms with van der Waals surface area (Å²) in [5.41, 5.74) is -1.90. The Morgan fingerprint density at radius 2 is 0.892 bits per heavy atom. The van der Waals surface area contributed by atoms with Gasteiger partial charge in [-0.2, -0.15) is 25.4 Å². The molecule has 0 spiro atoms. The van der Waals surface area contributed by atoms with Crippen LogP contribution in [-0.4, -0.2) is 138 Å². The predicted octanol–water partition coefficient (Wildman–Crippen LogP) is 1.86. The summed E-state index contributed by atoms with van der Waals surface area (Å²) >= 11 is 0. The topological polar surface area (TPSA) is 313 Å². The maximum Gasteiger partial charge on any atom is 0.294 e. The summed E-state index contributed by atoms with van der Waals surface area (Å²) in [7, 11) is -20.8. The normalized spacial score (nSPS) is 15.8. The standard InChI is InChI=1S/C38H42N4O18S5/c1-57-31-9-5-25(19-35(31)62(47,48)41-11-15-59-16-12-41)37(43)39-29-7-3-27(33(21-29)64(51,52)53)23-61(45,46)24-28-4-8-30(22-34(28)65(54,55)56)40-38(44)26-6-10-32(58-2)36(20-26)63(49,50)42-13-17-60-18-14-42/h3-10,19-22H,11-18,23-24H2,1-2H3,(H,39,43)(H,40,44)(H,51,52,53)(H,54,55,56). The molecule has 0 radical (unpaired) electrons. The van der Waals surface area contributed by atoms with E-state index in [0.717, 1.165) is 57.1 Å². The second-order valence-electron chi connectivity index (χ2n) is 14.3. The summed E-state index contributed by atoms with van der Waals surface area (Å²) in [6.45, 7) is 0.820. The number of benzene rings is 4. The highest BCUT2D eigenvalue weighted by molar-refractivity contribution is 7.90. The number of rotatable bonds is 16. The number of hydrogen-bond donors (Lipinski definition) is 4. The van der Waals surface area contributed by atoms with Gasteiger partial charge < -0.3 is 29.6 Å². The molecule has 2 fully saturated rings. The number of hydrogen-bond acceptors (Lipinski definition) is 16. The van der Waals surface area contributed by atoms with Crippen LogP contribution in [0.4, 0.5) is 11.4 Å². The van der Waals surface area contributed by atoms with E-state index in [9.17, 15) is 60.8 Å². The third kappa shape index (κ3) is 11.5. The summed E-state index contributed by atoms with van der Waals surface area (Å²) in [5.74, 6) is -4.19. The molecule has 22 nitrogen and oxygen atoms in total. The number of nitrogens with zero attached hydrogens (tertiary/aromatic N) is 2. The molecule has 4 aromatic rings. The molecule has 6 rings (SSSR count). The van der Waals surface area contributed by atoms with Gasteiger partial charge in [-0.25, -0.2) is 25.3 Å². The van der Waals surface area contributed by atoms with Gasteiger partial charge in [0, 0.05) is 48.7 Å². The van der Waals surface area contributed by atoms with Crippen molar-refractivity contribution in [2.75, 3.05) is 77.5 Å². The molecule has 2 amide bonds. The van der Waals surface area contributed by atoms with Crippen LogP contribution in [0.15, 0.2) is 92.4 Å². The molecule has 352 valence electrons. The number of sulfone groups is 1. The van der Waals surface area contributed by atoms with E-state index in [0.29, 0.717) is 0 Å². The lowest BCUT2D eigenvalue weighted by molar-refractivity contribution is 0.0729. The average molecular weight is 1000 g/mol. The molecule has 0 unspecified atom stereocenters. The van der Waals surface area contributed by atoms with Crippen LogP contribution in [0.1, 0.15) is 31.8 Å². The molecule has 2 aliphatic rings. The van der Waals surface area contributed by atoms with Gasteiger partial charge in [0.1, 0.15) is 31.1 Å². The van der Waals surface area contributed by atoms with Crippen LogP contribution in [0.2, 0.25) is 0 Å². The van der Waals surface area contributed by atoms with Crippen molar-refractivity contribution in [3.8, 4) is 11.5 Å². The van der Waals surface area contributed by atoms with Crippen molar-refractivity contribution < 1.29 is 79.7 Å². The van der Waals surface area contributed by atoms with Crippen LogP contribution < -0.4 is 20.1 Å². The number of sulfonamides is 2. The molecule has 0 atom stereocenters. The summed E-state index contributed by atoms with van der Waals surface area (Å²) in [4.78, 5) is 24.1. The summed E-state index contributed by atoms with van der Waals surface area (Å²) in [6, 6.07) is 12.8. The Morgan fingerprint density at radius 1 is 0.538 bits per heavy atom. The van der Waals surface area contributed by atoms with Gasteiger partial charge in [-0.1, -0.05) is 12.1 Å². The Kier molecular flexibility index (Phi) is 14.7. The second kappa shape index (κ2) is 19.4. The van der Waals surface area contributed by atoms with Gasteiger partial charge in [-0.05, 0) is 71.8 Å². The van der Waals surface area contributed by atoms with E-state index < -0.39 is 94.4 Å². The van der Waals surface area contributed by atoms with Crippen molar-refractivity contribution in [3.63, 3.8) is 0 Å². The van der Waals surface area contributed by atoms with Crippen molar-refractivity contribution in [2.24, 2.45) is 0 Å². The van der Waals surface area contributed by atoms with E-state index in [1.807, 2.05) is 0 Å². The van der Waals surface area contributed by atoms with Crippen LogP contribution in [0.3, 0.4) is 0 Å². The predicted molar refractivity (Wildman–Crippen MR) is 230 cm³/mol. The zero-order valence-corrected chi connectivity index (χ0v) is 38.4. The Balaban J connectivity index is 1.21. The van der Waals surface area contributed by atoms with Crippen molar-refractivity contribution in [1.82, 2.24) is 8.61 Å². The zero-order valence-electron chi connectivity index (χ0n) is 34.4. The van der Waals surface area contributed by atoms with Crippen LogP contribution in [-0.2, 0) is 71.1 Å². The highest BCUT2D eigenvalue weighted by Gasteiger charge is 2.32. The maximum absolute atomic E-state index is 13.6. The molecular formula is C38H42N4O18S5. The molecule has 2 heterocycles. The largest absolute Gasteiger partial charge is 0.495 e. The fraction of sp³-hybridized carbons (Fsp3) is 0.316. The minimum Gasteiger partial charge on any atom is -0.495 e. The van der Waals surface area contributed by atoms with Gasteiger partial charge in [0.2, 0.25) is 20.0 Å². The van der Waals surface area contributed by atoms with Crippen molar-refractivity contribution in [1.29, 1.82) is 0 Å². The number of ether oxygens (including phenoxy) is 4. The minimum absolute atomic E-state index is 0.0536. The van der Waals surface area contributed by atoms with E-state index >= 15 is 0 Å². The quantitative estimate of drug-likeness (QED) is 0.116. The number of morpholine rings is 2. The lowest BCUT2D eigenvalue weighted by Crippen LogP contribution is -2.40. The Morgan fingerprint density at radius 3 is 1.22 bits per heavy atom. The van der Waals surface area contributed by atoms with Gasteiger partial charge in [0.05, 0.1) is 52.2 Å². The van der Waals surface area contributed by atoms with Crippen molar-refractivity contribution in [3.05, 3.63) is 95.1 Å². The molecule has 65 heavy (non-hydrogen) atoms. The first-order valence-corrected chi connectivity index (χ1v) is 26.6. The Bertz CT molecular complexity index is 2880. The highest BCUT2D eigenvalue weighted by Crippen LogP contribution is 2.32. The number of methoxy groups -OCH3 is 2. The van der Waals surface area contributed by atoms with Crippen LogP contribution in [0.5, 0.6) is 11.5 Å². The molecule has 0 aliphatic carbocycles. The van der Waals surface area contributed by atoms with Gasteiger partial charge in [0.25, 0.3) is 32.1 Å². The van der Waals surface area contributed by atoms with E-state index in [-0.39, 0.29) is 96.4 Å². The van der Waals surface area contributed by atoms with E-state index in [2.05, 4.69) is 10.6 Å². The van der Waals surface area contributed by atoms with Gasteiger partial charge in [-0.3, -0.25) is 18.7 Å². The number of anilines is 2. The second-order valence-corrected chi connectivity index (χ2v) is 23.0. The SMILES string of the molecule is COc1ccc(C(=O)Nc2ccc(CS(=O)(=O)Cc3ccc(NC(=O)c4ccc(OC)c(S(=O)(=O)N5CCOCC5)c4)cc3S(=O)(=O)O)c(S(=O)(=O)O)c2)cc1S(=O)(=O)N1CCOCC1. The third-order valence-electron chi connectivity index (χ3n) is 9.98. The highest BCUT2D eigenvalue weighted by atomic mass is 32.2. The third-order valence-corrected chi connectivity index (χ3v) is 17.2. The number of amides is 2. The number of carbonyl (C=O) groups excluding carboxylic acids is 2. The summed E-state index contributed by atoms with van der Waals surface area (Å²) < 4.78 is 174.